The molecule has 2 heterocycles. The van der Waals surface area contributed by atoms with Crippen LogP contribution in [0.1, 0.15) is 16.8 Å². The maximum absolute atomic E-state index is 11.7. The summed E-state index contributed by atoms with van der Waals surface area (Å²) in [6.07, 6.45) is 0.529. The molecule has 0 unspecified atom stereocenters. The number of esters is 1. The van der Waals surface area contributed by atoms with E-state index in [4.69, 9.17) is 5.73 Å². The monoisotopic (exact) mass is 305 g/mol. The van der Waals surface area contributed by atoms with Gasteiger partial charge in [0.25, 0.3) is 0 Å². The van der Waals surface area contributed by atoms with Crippen LogP contribution in [-0.4, -0.2) is 50.5 Å². The summed E-state index contributed by atoms with van der Waals surface area (Å²) in [7, 11) is -1.72. The van der Waals surface area contributed by atoms with Crippen molar-refractivity contribution >= 4 is 38.2 Å². The number of hydrogen-bond acceptors (Lipinski definition) is 8. The van der Waals surface area contributed by atoms with Crippen molar-refractivity contribution in [3.63, 3.8) is 0 Å². The number of aromatic nitrogens is 1. The Hall–Kier alpha value is -1.35. The summed E-state index contributed by atoms with van der Waals surface area (Å²) < 4.78 is 31.8. The van der Waals surface area contributed by atoms with Gasteiger partial charge in [-0.3, -0.25) is 0 Å². The van der Waals surface area contributed by atoms with Crippen molar-refractivity contribution in [2.75, 3.05) is 42.3 Å². The van der Waals surface area contributed by atoms with E-state index in [0.29, 0.717) is 24.5 Å². The van der Waals surface area contributed by atoms with Gasteiger partial charge >= 0.3 is 5.97 Å². The van der Waals surface area contributed by atoms with E-state index in [9.17, 15) is 13.2 Å². The Balaban J connectivity index is 2.30. The van der Waals surface area contributed by atoms with Crippen molar-refractivity contribution < 1.29 is 17.9 Å². The minimum Gasteiger partial charge on any atom is -0.465 e. The number of rotatable bonds is 2. The van der Waals surface area contributed by atoms with Crippen LogP contribution in [0.25, 0.3) is 0 Å². The first-order valence-electron chi connectivity index (χ1n) is 5.73. The molecule has 19 heavy (non-hydrogen) atoms. The SMILES string of the molecule is COC(=O)c1c(N)nsc1N1CCCS(=O)(=O)CC1. The second-order valence-electron chi connectivity index (χ2n) is 4.23. The van der Waals surface area contributed by atoms with E-state index in [1.165, 1.54) is 7.11 Å². The largest absolute Gasteiger partial charge is 0.465 e. The topological polar surface area (TPSA) is 103 Å². The van der Waals surface area contributed by atoms with Crippen LogP contribution in [-0.2, 0) is 14.6 Å². The summed E-state index contributed by atoms with van der Waals surface area (Å²) in [4.78, 5) is 13.5. The number of sulfone groups is 1. The Kier molecular flexibility index (Phi) is 3.95. The lowest BCUT2D eigenvalue weighted by atomic mass is 10.3. The third-order valence-electron chi connectivity index (χ3n) is 2.93. The zero-order valence-electron chi connectivity index (χ0n) is 10.5. The van der Waals surface area contributed by atoms with Crippen LogP contribution in [0.4, 0.5) is 10.8 Å². The van der Waals surface area contributed by atoms with Crippen LogP contribution in [0.5, 0.6) is 0 Å². The number of nitrogen functional groups attached to an aromatic ring is 1. The second kappa shape index (κ2) is 5.33. The van der Waals surface area contributed by atoms with Gasteiger partial charge in [0.1, 0.15) is 10.6 Å². The molecule has 0 aromatic carbocycles. The van der Waals surface area contributed by atoms with Gasteiger partial charge in [0.05, 0.1) is 18.6 Å². The Bertz CT molecular complexity index is 582. The molecule has 1 aromatic heterocycles. The molecule has 1 saturated heterocycles. The molecule has 0 spiro atoms. The van der Waals surface area contributed by atoms with Crippen LogP contribution < -0.4 is 10.6 Å². The minimum atomic E-state index is -3.00. The van der Waals surface area contributed by atoms with Gasteiger partial charge in [-0.15, -0.1) is 0 Å². The number of carbonyl (C=O) groups is 1. The molecule has 7 nitrogen and oxygen atoms in total. The third-order valence-corrected chi connectivity index (χ3v) is 5.57. The molecule has 1 aromatic rings. The highest BCUT2D eigenvalue weighted by Crippen LogP contribution is 2.31. The summed E-state index contributed by atoms with van der Waals surface area (Å²) in [6.45, 7) is 0.902. The average molecular weight is 305 g/mol. The van der Waals surface area contributed by atoms with Crippen LogP contribution >= 0.6 is 11.5 Å². The molecule has 0 bridgehead atoms. The Labute approximate surface area is 115 Å². The highest BCUT2D eigenvalue weighted by Gasteiger charge is 2.27. The first-order valence-corrected chi connectivity index (χ1v) is 8.33. The zero-order chi connectivity index (χ0) is 14.0. The van der Waals surface area contributed by atoms with Crippen molar-refractivity contribution in [3.8, 4) is 0 Å². The highest BCUT2D eigenvalue weighted by atomic mass is 32.2. The summed E-state index contributed by atoms with van der Waals surface area (Å²) in [5.74, 6) is -0.177. The van der Waals surface area contributed by atoms with Crippen LogP contribution in [0, 0.1) is 0 Å². The predicted molar refractivity (Wildman–Crippen MR) is 73.3 cm³/mol. The fourth-order valence-electron chi connectivity index (χ4n) is 1.94. The lowest BCUT2D eigenvalue weighted by molar-refractivity contribution is 0.0603. The number of hydrogen-bond donors (Lipinski definition) is 1. The molecule has 2 N–H and O–H groups in total. The molecule has 106 valence electrons. The minimum absolute atomic E-state index is 0.0748. The first kappa shape index (κ1) is 14.1. The van der Waals surface area contributed by atoms with E-state index < -0.39 is 15.8 Å². The summed E-state index contributed by atoms with van der Waals surface area (Å²) in [5.41, 5.74) is 5.90. The van der Waals surface area contributed by atoms with Gasteiger partial charge in [-0.25, -0.2) is 13.2 Å². The molecule has 0 radical (unpaired) electrons. The fraction of sp³-hybridized carbons (Fsp3) is 0.600. The lowest BCUT2D eigenvalue weighted by Crippen LogP contribution is -2.27. The van der Waals surface area contributed by atoms with Crippen LogP contribution in [0.3, 0.4) is 0 Å². The maximum atomic E-state index is 11.7. The lowest BCUT2D eigenvalue weighted by Gasteiger charge is -2.20. The molecule has 1 fully saturated rings. The van der Waals surface area contributed by atoms with Crippen molar-refractivity contribution in [3.05, 3.63) is 5.56 Å². The molecular formula is C10H15N3O4S2. The summed E-state index contributed by atoms with van der Waals surface area (Å²) >= 11 is 1.09. The van der Waals surface area contributed by atoms with Crippen molar-refractivity contribution in [2.45, 2.75) is 6.42 Å². The summed E-state index contributed by atoms with van der Waals surface area (Å²) in [5, 5.41) is 0.585. The van der Waals surface area contributed by atoms with E-state index in [1.54, 1.807) is 0 Å². The molecule has 0 aliphatic carbocycles. The van der Waals surface area contributed by atoms with Crippen molar-refractivity contribution in [1.82, 2.24) is 4.37 Å². The number of nitrogens with zero attached hydrogens (tertiary/aromatic N) is 2. The number of anilines is 2. The fourth-order valence-corrected chi connectivity index (χ4v) is 4.07. The highest BCUT2D eigenvalue weighted by molar-refractivity contribution is 7.91. The van der Waals surface area contributed by atoms with Gasteiger partial charge in [-0.1, -0.05) is 0 Å². The van der Waals surface area contributed by atoms with Crippen LogP contribution in [0.15, 0.2) is 0 Å². The number of ether oxygens (including phenoxy) is 1. The quantitative estimate of drug-likeness (QED) is 0.775. The standard InChI is InChI=1S/C10H15N3O4S2/c1-17-10(14)7-8(11)12-18-9(7)13-3-2-5-19(15,16)6-4-13/h2-6H2,1H3,(H2,11,12). The number of methoxy groups -OCH3 is 1. The van der Waals surface area contributed by atoms with E-state index in [-0.39, 0.29) is 22.9 Å². The van der Waals surface area contributed by atoms with Gasteiger partial charge in [-0.2, -0.15) is 4.37 Å². The Morgan fingerprint density at radius 3 is 2.84 bits per heavy atom. The van der Waals surface area contributed by atoms with Gasteiger partial charge in [-0.05, 0) is 18.0 Å². The molecule has 9 heteroatoms. The first-order chi connectivity index (χ1) is 8.94. The molecule has 1 aliphatic rings. The molecule has 0 saturated carbocycles. The average Bonchev–Trinajstić information content (AvgIpc) is 2.64. The number of nitrogens with two attached hydrogens (primary N) is 1. The second-order valence-corrected chi connectivity index (χ2v) is 7.29. The smallest absolute Gasteiger partial charge is 0.344 e. The summed E-state index contributed by atoms with van der Waals surface area (Å²) in [6, 6.07) is 0. The van der Waals surface area contributed by atoms with Gasteiger partial charge in [0.2, 0.25) is 0 Å². The number of carbonyl (C=O) groups excluding carboxylic acids is 1. The molecule has 0 atom stereocenters. The van der Waals surface area contributed by atoms with Gasteiger partial charge in [0.15, 0.2) is 15.7 Å². The van der Waals surface area contributed by atoms with E-state index in [1.807, 2.05) is 4.90 Å². The van der Waals surface area contributed by atoms with E-state index >= 15 is 0 Å². The van der Waals surface area contributed by atoms with Crippen LogP contribution in [0.2, 0.25) is 0 Å². The Morgan fingerprint density at radius 2 is 2.16 bits per heavy atom. The van der Waals surface area contributed by atoms with Crippen molar-refractivity contribution in [2.24, 2.45) is 0 Å². The molecule has 1 aliphatic heterocycles. The van der Waals surface area contributed by atoms with Crippen molar-refractivity contribution in [1.29, 1.82) is 0 Å². The Morgan fingerprint density at radius 1 is 1.42 bits per heavy atom. The zero-order valence-corrected chi connectivity index (χ0v) is 12.1. The molecular weight excluding hydrogens is 290 g/mol. The third kappa shape index (κ3) is 2.98. The normalized spacial score (nSPS) is 18.9. The molecule has 0 amide bonds. The van der Waals surface area contributed by atoms with Gasteiger partial charge < -0.3 is 15.4 Å². The van der Waals surface area contributed by atoms with E-state index in [2.05, 4.69) is 9.11 Å². The predicted octanol–water partition coefficient (Wildman–Crippen LogP) is 0.137. The molecule has 2 rings (SSSR count). The van der Waals surface area contributed by atoms with E-state index in [0.717, 1.165) is 11.5 Å². The maximum Gasteiger partial charge on any atom is 0.344 e. The van der Waals surface area contributed by atoms with Gasteiger partial charge in [0, 0.05) is 13.1 Å².